The lowest BCUT2D eigenvalue weighted by Gasteiger charge is -2.11. The molecule has 3 N–H and O–H groups in total. The lowest BCUT2D eigenvalue weighted by molar-refractivity contribution is 0.0946. The van der Waals surface area contributed by atoms with Crippen molar-refractivity contribution in [1.82, 2.24) is 30.0 Å². The highest BCUT2D eigenvalue weighted by molar-refractivity contribution is 5.97. The number of pyridine rings is 1. The standard InChI is InChI=1S/C20H17N7O2/c1-12-8-24-27(10-12)19-15(11-28)25-17(18(21)26-19)20(29)23-9-14-5-2-4-13-6-3-7-22-16(13)14/h2-8,10-11H,9H2,1H3,(H2,21,26)(H,23,29). The van der Waals surface area contributed by atoms with Crippen molar-refractivity contribution in [1.29, 1.82) is 0 Å². The number of aromatic nitrogens is 5. The molecule has 1 amide bonds. The number of para-hydroxylation sites is 1. The van der Waals surface area contributed by atoms with Crippen molar-refractivity contribution in [3.63, 3.8) is 0 Å². The van der Waals surface area contributed by atoms with Crippen LogP contribution in [0.1, 0.15) is 32.1 Å². The van der Waals surface area contributed by atoms with Crippen LogP contribution in [0.2, 0.25) is 0 Å². The molecule has 0 saturated carbocycles. The normalized spacial score (nSPS) is 10.8. The number of aldehydes is 1. The average molecular weight is 387 g/mol. The SMILES string of the molecule is Cc1cnn(-c2nc(N)c(C(=O)NCc3cccc4cccnc34)nc2C=O)c1. The molecule has 0 unspecified atom stereocenters. The molecule has 3 aromatic heterocycles. The van der Waals surface area contributed by atoms with E-state index in [1.54, 1.807) is 18.6 Å². The van der Waals surface area contributed by atoms with Crippen LogP contribution >= 0.6 is 0 Å². The fourth-order valence-corrected chi connectivity index (χ4v) is 2.96. The Morgan fingerprint density at radius 1 is 1.24 bits per heavy atom. The molecule has 0 aliphatic carbocycles. The second kappa shape index (κ2) is 7.47. The van der Waals surface area contributed by atoms with Crippen molar-refractivity contribution in [2.75, 3.05) is 5.73 Å². The van der Waals surface area contributed by atoms with Gasteiger partial charge in [-0.25, -0.2) is 14.6 Å². The number of nitrogens with one attached hydrogen (secondary N) is 1. The Kier molecular flexibility index (Phi) is 4.70. The van der Waals surface area contributed by atoms with Gasteiger partial charge in [0.15, 0.2) is 23.6 Å². The quantitative estimate of drug-likeness (QED) is 0.500. The van der Waals surface area contributed by atoms with E-state index >= 15 is 0 Å². The van der Waals surface area contributed by atoms with Gasteiger partial charge in [0.1, 0.15) is 5.69 Å². The molecule has 0 fully saturated rings. The van der Waals surface area contributed by atoms with Gasteiger partial charge in [-0.05, 0) is 24.1 Å². The zero-order chi connectivity index (χ0) is 20.4. The number of nitrogens with zero attached hydrogens (tertiary/aromatic N) is 5. The van der Waals surface area contributed by atoms with Crippen LogP contribution in [0.5, 0.6) is 0 Å². The molecule has 4 aromatic rings. The van der Waals surface area contributed by atoms with Gasteiger partial charge >= 0.3 is 0 Å². The Morgan fingerprint density at radius 2 is 2.07 bits per heavy atom. The van der Waals surface area contributed by atoms with Crippen LogP contribution in [-0.2, 0) is 6.54 Å². The first-order valence-corrected chi connectivity index (χ1v) is 8.82. The molecule has 4 rings (SSSR count). The van der Waals surface area contributed by atoms with E-state index in [-0.39, 0.29) is 29.6 Å². The van der Waals surface area contributed by atoms with Gasteiger partial charge in [0, 0.05) is 24.3 Å². The molecule has 144 valence electrons. The third kappa shape index (κ3) is 3.53. The predicted molar refractivity (Wildman–Crippen MR) is 107 cm³/mol. The fraction of sp³-hybridized carbons (Fsp3) is 0.100. The van der Waals surface area contributed by atoms with Gasteiger partial charge in [0.25, 0.3) is 5.91 Å². The number of anilines is 1. The summed E-state index contributed by atoms with van der Waals surface area (Å²) in [6, 6.07) is 9.52. The monoisotopic (exact) mass is 387 g/mol. The van der Waals surface area contributed by atoms with Crippen LogP contribution < -0.4 is 11.1 Å². The van der Waals surface area contributed by atoms with Gasteiger partial charge < -0.3 is 11.1 Å². The Morgan fingerprint density at radius 3 is 2.83 bits per heavy atom. The molecule has 0 spiro atoms. The summed E-state index contributed by atoms with van der Waals surface area (Å²) in [6.07, 6.45) is 5.52. The maximum Gasteiger partial charge on any atom is 0.274 e. The molecule has 9 heteroatoms. The highest BCUT2D eigenvalue weighted by Crippen LogP contribution is 2.17. The van der Waals surface area contributed by atoms with E-state index in [2.05, 4.69) is 25.4 Å². The number of nitrogens with two attached hydrogens (primary N) is 1. The molecule has 0 aliphatic rings. The number of benzene rings is 1. The number of carbonyl (C=O) groups is 2. The van der Waals surface area contributed by atoms with Crippen LogP contribution in [0.15, 0.2) is 48.9 Å². The summed E-state index contributed by atoms with van der Waals surface area (Å²) in [4.78, 5) is 36.8. The first kappa shape index (κ1) is 18.2. The van der Waals surface area contributed by atoms with E-state index in [4.69, 9.17) is 5.73 Å². The average Bonchev–Trinajstić information content (AvgIpc) is 3.18. The largest absolute Gasteiger partial charge is 0.382 e. The Labute approximate surface area is 165 Å². The highest BCUT2D eigenvalue weighted by Gasteiger charge is 2.19. The van der Waals surface area contributed by atoms with Crippen LogP contribution in [0.3, 0.4) is 0 Å². The lowest BCUT2D eigenvalue weighted by atomic mass is 10.1. The number of carbonyl (C=O) groups excluding carboxylic acids is 2. The van der Waals surface area contributed by atoms with Gasteiger partial charge in [0.05, 0.1) is 11.7 Å². The third-order valence-corrected chi connectivity index (χ3v) is 4.34. The second-order valence-electron chi connectivity index (χ2n) is 6.42. The highest BCUT2D eigenvalue weighted by atomic mass is 16.2. The minimum absolute atomic E-state index is 0.0284. The molecule has 0 bridgehead atoms. The zero-order valence-corrected chi connectivity index (χ0v) is 15.5. The van der Waals surface area contributed by atoms with Crippen LogP contribution in [0.4, 0.5) is 5.82 Å². The van der Waals surface area contributed by atoms with Crippen molar-refractivity contribution in [2.45, 2.75) is 13.5 Å². The summed E-state index contributed by atoms with van der Waals surface area (Å²) in [5.74, 6) is -0.457. The predicted octanol–water partition coefficient (Wildman–Crippen LogP) is 1.84. The first-order chi connectivity index (χ1) is 14.1. The van der Waals surface area contributed by atoms with Gasteiger partial charge in [-0.15, -0.1) is 0 Å². The molecule has 29 heavy (non-hydrogen) atoms. The Hall–Kier alpha value is -4.14. The van der Waals surface area contributed by atoms with Crippen LogP contribution in [0, 0.1) is 6.92 Å². The van der Waals surface area contributed by atoms with Crippen molar-refractivity contribution >= 4 is 28.9 Å². The molecule has 0 atom stereocenters. The maximum absolute atomic E-state index is 12.6. The zero-order valence-electron chi connectivity index (χ0n) is 15.5. The van der Waals surface area contributed by atoms with Gasteiger partial charge in [-0.3, -0.25) is 14.6 Å². The van der Waals surface area contributed by atoms with E-state index < -0.39 is 5.91 Å². The van der Waals surface area contributed by atoms with Gasteiger partial charge in [0.2, 0.25) is 0 Å². The third-order valence-electron chi connectivity index (χ3n) is 4.34. The minimum atomic E-state index is -0.533. The molecular weight excluding hydrogens is 370 g/mol. The molecular formula is C20H17N7O2. The van der Waals surface area contributed by atoms with E-state index in [1.165, 1.54) is 4.68 Å². The number of nitrogen functional groups attached to an aromatic ring is 1. The Balaban J connectivity index is 1.61. The second-order valence-corrected chi connectivity index (χ2v) is 6.42. The summed E-state index contributed by atoms with van der Waals surface area (Å²) < 4.78 is 1.39. The van der Waals surface area contributed by atoms with Crippen LogP contribution in [0.25, 0.3) is 16.7 Å². The van der Waals surface area contributed by atoms with E-state index in [0.717, 1.165) is 22.0 Å². The summed E-state index contributed by atoms with van der Waals surface area (Å²) in [5, 5.41) is 7.84. The van der Waals surface area contributed by atoms with Crippen molar-refractivity contribution in [2.24, 2.45) is 0 Å². The summed E-state index contributed by atoms with van der Waals surface area (Å²) in [6.45, 7) is 2.08. The molecule has 0 aliphatic heterocycles. The van der Waals surface area contributed by atoms with Crippen molar-refractivity contribution in [3.05, 3.63) is 71.4 Å². The van der Waals surface area contributed by atoms with Gasteiger partial charge in [-0.2, -0.15) is 5.10 Å². The van der Waals surface area contributed by atoms with Gasteiger partial charge in [-0.1, -0.05) is 24.3 Å². The summed E-state index contributed by atoms with van der Waals surface area (Å²) in [5.41, 5.74) is 8.33. The molecule has 3 heterocycles. The number of rotatable bonds is 5. The molecule has 0 saturated heterocycles. The van der Waals surface area contributed by atoms with Crippen molar-refractivity contribution in [3.8, 4) is 5.82 Å². The molecule has 9 nitrogen and oxygen atoms in total. The minimum Gasteiger partial charge on any atom is -0.382 e. The number of hydrogen-bond acceptors (Lipinski definition) is 7. The number of amides is 1. The summed E-state index contributed by atoms with van der Waals surface area (Å²) >= 11 is 0. The van der Waals surface area contributed by atoms with E-state index in [1.807, 2.05) is 37.3 Å². The molecule has 0 radical (unpaired) electrons. The topological polar surface area (TPSA) is 129 Å². The number of aryl methyl sites for hydroxylation is 1. The van der Waals surface area contributed by atoms with E-state index in [9.17, 15) is 9.59 Å². The summed E-state index contributed by atoms with van der Waals surface area (Å²) in [7, 11) is 0. The number of fused-ring (bicyclic) bond motifs is 1. The maximum atomic E-state index is 12.6. The fourth-order valence-electron chi connectivity index (χ4n) is 2.96. The van der Waals surface area contributed by atoms with Crippen LogP contribution in [-0.4, -0.2) is 36.9 Å². The van der Waals surface area contributed by atoms with E-state index in [0.29, 0.717) is 6.29 Å². The number of hydrogen-bond donors (Lipinski definition) is 2. The van der Waals surface area contributed by atoms with Crippen molar-refractivity contribution < 1.29 is 9.59 Å². The molecule has 1 aromatic carbocycles. The Bertz CT molecular complexity index is 1230. The first-order valence-electron chi connectivity index (χ1n) is 8.82. The lowest BCUT2D eigenvalue weighted by Crippen LogP contribution is -2.26. The smallest absolute Gasteiger partial charge is 0.274 e.